The molecule has 0 spiro atoms. The van der Waals surface area contributed by atoms with Crippen molar-refractivity contribution >= 4 is 5.91 Å². The van der Waals surface area contributed by atoms with E-state index < -0.39 is 0 Å². The van der Waals surface area contributed by atoms with Crippen LogP contribution in [0.2, 0.25) is 0 Å². The standard InChI is InChI=1S/C19H36N2O2/c1-14(2)12-16(20-17-6-5-9-19(17,3)4)18(23)21-10-7-15(13-22)8-11-21/h14-17,20,22H,5-13H2,1-4H3/t16-,17+/m0/s1. The molecule has 1 saturated heterocycles. The number of likely N-dealkylation sites (tertiary alicyclic amines) is 1. The number of hydrogen-bond donors (Lipinski definition) is 2. The molecule has 134 valence electrons. The lowest BCUT2D eigenvalue weighted by atomic mass is 9.86. The van der Waals surface area contributed by atoms with Crippen molar-refractivity contribution in [3.63, 3.8) is 0 Å². The average molecular weight is 325 g/mol. The summed E-state index contributed by atoms with van der Waals surface area (Å²) < 4.78 is 0. The van der Waals surface area contributed by atoms with Crippen molar-refractivity contribution in [1.82, 2.24) is 10.2 Å². The number of amides is 1. The van der Waals surface area contributed by atoms with Crippen molar-refractivity contribution in [2.45, 2.75) is 78.3 Å². The molecular formula is C19H36N2O2. The Balaban J connectivity index is 1.98. The fourth-order valence-corrected chi connectivity index (χ4v) is 4.15. The van der Waals surface area contributed by atoms with Gasteiger partial charge in [-0.05, 0) is 49.4 Å². The fourth-order valence-electron chi connectivity index (χ4n) is 4.15. The summed E-state index contributed by atoms with van der Waals surface area (Å²) in [6.45, 7) is 10.9. The minimum Gasteiger partial charge on any atom is -0.396 e. The van der Waals surface area contributed by atoms with Crippen molar-refractivity contribution in [3.8, 4) is 0 Å². The molecular weight excluding hydrogens is 288 g/mol. The van der Waals surface area contributed by atoms with Gasteiger partial charge in [-0.25, -0.2) is 0 Å². The van der Waals surface area contributed by atoms with E-state index in [1.807, 2.05) is 4.90 Å². The molecule has 0 aromatic rings. The van der Waals surface area contributed by atoms with Gasteiger partial charge in [0.1, 0.15) is 0 Å². The Labute approximate surface area is 142 Å². The maximum absolute atomic E-state index is 13.0. The maximum atomic E-state index is 13.0. The number of carbonyl (C=O) groups is 1. The predicted molar refractivity (Wildman–Crippen MR) is 94.2 cm³/mol. The Bertz CT molecular complexity index is 387. The summed E-state index contributed by atoms with van der Waals surface area (Å²) in [5.41, 5.74) is 0.291. The summed E-state index contributed by atoms with van der Waals surface area (Å²) in [6, 6.07) is 0.397. The lowest BCUT2D eigenvalue weighted by Crippen LogP contribution is -2.54. The summed E-state index contributed by atoms with van der Waals surface area (Å²) in [5, 5.41) is 13.0. The van der Waals surface area contributed by atoms with Gasteiger partial charge in [0.05, 0.1) is 6.04 Å². The smallest absolute Gasteiger partial charge is 0.239 e. The zero-order valence-corrected chi connectivity index (χ0v) is 15.5. The lowest BCUT2D eigenvalue weighted by Gasteiger charge is -2.37. The molecule has 0 bridgehead atoms. The molecule has 2 aliphatic rings. The van der Waals surface area contributed by atoms with Crippen LogP contribution in [0.1, 0.15) is 66.2 Å². The number of carbonyl (C=O) groups excluding carboxylic acids is 1. The van der Waals surface area contributed by atoms with Crippen LogP contribution in [-0.4, -0.2) is 47.7 Å². The van der Waals surface area contributed by atoms with Gasteiger partial charge in [0.15, 0.2) is 0 Å². The second-order valence-electron chi connectivity index (χ2n) is 8.73. The molecule has 4 nitrogen and oxygen atoms in total. The van der Waals surface area contributed by atoms with Gasteiger partial charge in [-0.3, -0.25) is 4.79 Å². The average Bonchev–Trinajstić information content (AvgIpc) is 2.84. The van der Waals surface area contributed by atoms with Crippen molar-refractivity contribution in [1.29, 1.82) is 0 Å². The van der Waals surface area contributed by atoms with Crippen molar-refractivity contribution in [2.24, 2.45) is 17.3 Å². The van der Waals surface area contributed by atoms with Gasteiger partial charge in [0.2, 0.25) is 5.91 Å². The van der Waals surface area contributed by atoms with E-state index in [-0.39, 0.29) is 18.6 Å². The molecule has 1 amide bonds. The molecule has 0 aromatic heterocycles. The first kappa shape index (κ1) is 18.7. The van der Waals surface area contributed by atoms with Crippen LogP contribution in [-0.2, 0) is 4.79 Å². The zero-order valence-electron chi connectivity index (χ0n) is 15.5. The van der Waals surface area contributed by atoms with Crippen LogP contribution >= 0.6 is 0 Å². The van der Waals surface area contributed by atoms with Crippen LogP contribution in [0.5, 0.6) is 0 Å². The van der Waals surface area contributed by atoms with E-state index in [0.29, 0.717) is 23.3 Å². The first-order valence-corrected chi connectivity index (χ1v) is 9.49. The van der Waals surface area contributed by atoms with E-state index in [1.54, 1.807) is 0 Å². The van der Waals surface area contributed by atoms with Gasteiger partial charge in [-0.2, -0.15) is 0 Å². The molecule has 2 atom stereocenters. The Morgan fingerprint density at radius 1 is 1.26 bits per heavy atom. The quantitative estimate of drug-likeness (QED) is 0.790. The Morgan fingerprint density at radius 2 is 1.91 bits per heavy atom. The lowest BCUT2D eigenvalue weighted by molar-refractivity contribution is -0.136. The summed E-state index contributed by atoms with van der Waals surface area (Å²) in [4.78, 5) is 15.1. The van der Waals surface area contributed by atoms with Crippen LogP contribution in [0, 0.1) is 17.3 Å². The summed E-state index contributed by atoms with van der Waals surface area (Å²) in [7, 11) is 0. The van der Waals surface area contributed by atoms with Gasteiger partial charge in [0.25, 0.3) is 0 Å². The molecule has 1 aliphatic carbocycles. The number of aliphatic hydroxyl groups is 1. The van der Waals surface area contributed by atoms with E-state index in [2.05, 4.69) is 33.0 Å². The van der Waals surface area contributed by atoms with Gasteiger partial charge in [-0.1, -0.05) is 34.1 Å². The minimum absolute atomic E-state index is 0.0527. The number of hydrogen-bond acceptors (Lipinski definition) is 3. The van der Waals surface area contributed by atoms with Gasteiger partial charge in [0, 0.05) is 25.7 Å². The van der Waals surface area contributed by atoms with E-state index in [0.717, 1.165) is 32.4 Å². The van der Waals surface area contributed by atoms with E-state index in [1.165, 1.54) is 19.3 Å². The predicted octanol–water partition coefficient (Wildman–Crippen LogP) is 2.80. The third kappa shape index (κ3) is 4.93. The first-order chi connectivity index (χ1) is 10.8. The molecule has 23 heavy (non-hydrogen) atoms. The van der Waals surface area contributed by atoms with Gasteiger partial charge < -0.3 is 15.3 Å². The van der Waals surface area contributed by atoms with E-state index >= 15 is 0 Å². The van der Waals surface area contributed by atoms with Crippen molar-refractivity contribution in [2.75, 3.05) is 19.7 Å². The maximum Gasteiger partial charge on any atom is 0.239 e. The fraction of sp³-hybridized carbons (Fsp3) is 0.947. The molecule has 0 radical (unpaired) electrons. The SMILES string of the molecule is CC(C)C[C@H](N[C@@H]1CCCC1(C)C)C(=O)N1CCC(CO)CC1. The van der Waals surface area contributed by atoms with E-state index in [4.69, 9.17) is 0 Å². The molecule has 2 rings (SSSR count). The monoisotopic (exact) mass is 324 g/mol. The highest BCUT2D eigenvalue weighted by Gasteiger charge is 2.38. The molecule has 4 heteroatoms. The topological polar surface area (TPSA) is 52.6 Å². The summed E-state index contributed by atoms with van der Waals surface area (Å²) >= 11 is 0. The zero-order chi connectivity index (χ0) is 17.0. The van der Waals surface area contributed by atoms with E-state index in [9.17, 15) is 9.90 Å². The third-order valence-corrected chi connectivity index (χ3v) is 5.85. The highest BCUT2D eigenvalue weighted by Crippen LogP contribution is 2.37. The summed E-state index contributed by atoms with van der Waals surface area (Å²) in [5.74, 6) is 1.16. The number of piperidine rings is 1. The highest BCUT2D eigenvalue weighted by molar-refractivity contribution is 5.82. The van der Waals surface area contributed by atoms with Crippen LogP contribution < -0.4 is 5.32 Å². The van der Waals surface area contributed by atoms with Crippen LogP contribution in [0.25, 0.3) is 0 Å². The van der Waals surface area contributed by atoms with Gasteiger partial charge in [-0.15, -0.1) is 0 Å². The van der Waals surface area contributed by atoms with Crippen LogP contribution in [0.15, 0.2) is 0 Å². The van der Waals surface area contributed by atoms with Crippen molar-refractivity contribution in [3.05, 3.63) is 0 Å². The molecule has 0 unspecified atom stereocenters. The molecule has 1 aliphatic heterocycles. The second-order valence-corrected chi connectivity index (χ2v) is 8.73. The number of aliphatic hydroxyl groups excluding tert-OH is 1. The largest absolute Gasteiger partial charge is 0.396 e. The van der Waals surface area contributed by atoms with Crippen LogP contribution in [0.3, 0.4) is 0 Å². The summed E-state index contributed by atoms with van der Waals surface area (Å²) in [6.07, 6.45) is 6.47. The molecule has 1 saturated carbocycles. The van der Waals surface area contributed by atoms with Crippen LogP contribution in [0.4, 0.5) is 0 Å². The van der Waals surface area contributed by atoms with Gasteiger partial charge >= 0.3 is 0 Å². The van der Waals surface area contributed by atoms with Crippen molar-refractivity contribution < 1.29 is 9.90 Å². The number of nitrogens with zero attached hydrogens (tertiary/aromatic N) is 1. The first-order valence-electron chi connectivity index (χ1n) is 9.49. The number of nitrogens with one attached hydrogen (secondary N) is 1. The molecule has 0 aromatic carbocycles. The molecule has 2 fully saturated rings. The highest BCUT2D eigenvalue weighted by atomic mass is 16.3. The molecule has 1 heterocycles. The minimum atomic E-state index is -0.0527. The normalized spacial score (nSPS) is 26.7. The second kappa shape index (κ2) is 7.98. The Kier molecular flexibility index (Phi) is 6.49. The number of rotatable bonds is 6. The Hall–Kier alpha value is -0.610. The molecule has 2 N–H and O–H groups in total. The Morgan fingerprint density at radius 3 is 2.39 bits per heavy atom. The third-order valence-electron chi connectivity index (χ3n) is 5.85.